The van der Waals surface area contributed by atoms with Gasteiger partial charge in [-0.1, -0.05) is 97.1 Å². The lowest BCUT2D eigenvalue weighted by Gasteiger charge is -2.11. The van der Waals surface area contributed by atoms with Gasteiger partial charge in [0.15, 0.2) is 11.6 Å². The van der Waals surface area contributed by atoms with E-state index in [-0.39, 0.29) is 0 Å². The smallest absolute Gasteiger partial charge is 0.162 e. The van der Waals surface area contributed by atoms with E-state index in [9.17, 15) is 0 Å². The lowest BCUT2D eigenvalue weighted by molar-refractivity contribution is 1.08. The van der Waals surface area contributed by atoms with Crippen LogP contribution in [0, 0.1) is 0 Å². The molecular weight excluding hydrogens is 506 g/mol. The van der Waals surface area contributed by atoms with Gasteiger partial charge < -0.3 is 0 Å². The highest BCUT2D eigenvalue weighted by Gasteiger charge is 2.21. The maximum Gasteiger partial charge on any atom is 0.162 e. The zero-order valence-electron chi connectivity index (χ0n) is 21.4. The Bertz CT molecular complexity index is 2450. The number of thiophene rings is 1. The molecule has 3 heterocycles. The zero-order valence-corrected chi connectivity index (χ0v) is 22.2. The van der Waals surface area contributed by atoms with E-state index in [1.807, 2.05) is 0 Å². The molecule has 0 aliphatic carbocycles. The Morgan fingerprint density at radius 2 is 1.18 bits per heavy atom. The Morgan fingerprint density at radius 1 is 0.500 bits per heavy atom. The number of benzene rings is 6. The van der Waals surface area contributed by atoms with Gasteiger partial charge >= 0.3 is 0 Å². The van der Waals surface area contributed by atoms with Crippen molar-refractivity contribution in [2.24, 2.45) is 0 Å². The normalized spacial score (nSPS) is 12.0. The maximum atomic E-state index is 5.36. The Hall–Kier alpha value is -5.06. The van der Waals surface area contributed by atoms with Crippen LogP contribution >= 0.6 is 11.3 Å². The number of aromatic nitrogens is 3. The standard InChI is InChI=1S/C36H21N3S/c1-2-10-23-19-26(18-17-22(23)9-1)35-37-33-28-14-6-8-16-32(28)40-34(33)36(38-35)39-30-15-7-5-13-27(30)29-20-24-11-3-4-12-25(24)21-31(29)39/h1-21H. The maximum absolute atomic E-state index is 5.36. The molecule has 0 N–H and O–H groups in total. The van der Waals surface area contributed by atoms with E-state index in [4.69, 9.17) is 9.97 Å². The summed E-state index contributed by atoms with van der Waals surface area (Å²) < 4.78 is 4.66. The summed E-state index contributed by atoms with van der Waals surface area (Å²) in [5.41, 5.74) is 4.32. The average molecular weight is 528 g/mol. The molecule has 0 spiro atoms. The van der Waals surface area contributed by atoms with Gasteiger partial charge in [-0.05, 0) is 51.9 Å². The van der Waals surface area contributed by atoms with Crippen molar-refractivity contribution < 1.29 is 0 Å². The fraction of sp³-hybridized carbons (Fsp3) is 0. The highest BCUT2D eigenvalue weighted by atomic mass is 32.1. The molecule has 6 aromatic carbocycles. The minimum absolute atomic E-state index is 0.739. The Kier molecular flexibility index (Phi) is 4.48. The molecule has 3 nitrogen and oxygen atoms in total. The first-order valence-electron chi connectivity index (χ1n) is 13.4. The molecule has 0 unspecified atom stereocenters. The van der Waals surface area contributed by atoms with Gasteiger partial charge in [0.1, 0.15) is 0 Å². The van der Waals surface area contributed by atoms with Crippen molar-refractivity contribution in [3.63, 3.8) is 0 Å². The van der Waals surface area contributed by atoms with E-state index in [1.165, 1.54) is 42.4 Å². The third kappa shape index (κ3) is 3.11. The molecule has 3 aromatic heterocycles. The molecule has 186 valence electrons. The molecule has 0 saturated heterocycles. The second-order valence-corrected chi connectivity index (χ2v) is 11.3. The number of hydrogen-bond donors (Lipinski definition) is 0. The van der Waals surface area contributed by atoms with Crippen LogP contribution in [0.15, 0.2) is 127 Å². The Morgan fingerprint density at radius 3 is 2.02 bits per heavy atom. The molecule has 0 bridgehead atoms. The van der Waals surface area contributed by atoms with Crippen LogP contribution in [0.25, 0.3) is 80.9 Å². The number of hydrogen-bond acceptors (Lipinski definition) is 3. The van der Waals surface area contributed by atoms with Crippen LogP contribution in [0.5, 0.6) is 0 Å². The van der Waals surface area contributed by atoms with Crippen molar-refractivity contribution >= 4 is 75.0 Å². The molecule has 0 aliphatic rings. The number of nitrogens with zero attached hydrogens (tertiary/aromatic N) is 3. The van der Waals surface area contributed by atoms with E-state index >= 15 is 0 Å². The quantitative estimate of drug-likeness (QED) is 0.224. The lowest BCUT2D eigenvalue weighted by atomic mass is 10.1. The van der Waals surface area contributed by atoms with Gasteiger partial charge in [0, 0.05) is 26.4 Å². The van der Waals surface area contributed by atoms with Gasteiger partial charge in [-0.2, -0.15) is 0 Å². The van der Waals surface area contributed by atoms with Gasteiger partial charge in [0.25, 0.3) is 0 Å². The molecule has 9 rings (SSSR count). The fourth-order valence-electron chi connectivity index (χ4n) is 6.07. The summed E-state index contributed by atoms with van der Waals surface area (Å²) in [6, 6.07) is 45.4. The van der Waals surface area contributed by atoms with Crippen LogP contribution in [0.1, 0.15) is 0 Å². The van der Waals surface area contributed by atoms with Crippen molar-refractivity contribution in [2.45, 2.75) is 0 Å². The van der Waals surface area contributed by atoms with Crippen molar-refractivity contribution in [3.05, 3.63) is 127 Å². The predicted molar refractivity (Wildman–Crippen MR) is 170 cm³/mol. The summed E-state index contributed by atoms with van der Waals surface area (Å²) in [7, 11) is 0. The van der Waals surface area contributed by atoms with Crippen LogP contribution in [-0.2, 0) is 0 Å². The summed E-state index contributed by atoms with van der Waals surface area (Å²) in [6.07, 6.45) is 0. The molecular formula is C36H21N3S. The highest BCUT2D eigenvalue weighted by Crippen LogP contribution is 2.41. The van der Waals surface area contributed by atoms with Gasteiger partial charge in [-0.3, -0.25) is 4.57 Å². The van der Waals surface area contributed by atoms with Gasteiger partial charge in [-0.15, -0.1) is 11.3 Å². The third-order valence-electron chi connectivity index (χ3n) is 7.96. The van der Waals surface area contributed by atoms with Gasteiger partial charge in [0.2, 0.25) is 0 Å². The van der Waals surface area contributed by atoms with Gasteiger partial charge in [0.05, 0.1) is 21.3 Å². The summed E-state index contributed by atoms with van der Waals surface area (Å²) in [5, 5.41) is 8.48. The highest BCUT2D eigenvalue weighted by molar-refractivity contribution is 7.26. The minimum atomic E-state index is 0.739. The molecule has 0 amide bonds. The molecule has 0 aliphatic heterocycles. The van der Waals surface area contributed by atoms with Crippen molar-refractivity contribution in [2.75, 3.05) is 0 Å². The second kappa shape index (κ2) is 8.22. The van der Waals surface area contributed by atoms with Crippen molar-refractivity contribution in [3.8, 4) is 17.2 Å². The van der Waals surface area contributed by atoms with E-state index in [0.29, 0.717) is 0 Å². The summed E-state index contributed by atoms with van der Waals surface area (Å²) in [6.45, 7) is 0. The van der Waals surface area contributed by atoms with E-state index in [1.54, 1.807) is 11.3 Å². The van der Waals surface area contributed by atoms with Crippen LogP contribution in [0.4, 0.5) is 0 Å². The first kappa shape index (κ1) is 21.8. The predicted octanol–water partition coefficient (Wildman–Crippen LogP) is 9.91. The summed E-state index contributed by atoms with van der Waals surface area (Å²) in [4.78, 5) is 10.6. The third-order valence-corrected chi connectivity index (χ3v) is 9.12. The zero-order chi connectivity index (χ0) is 26.2. The fourth-order valence-corrected chi connectivity index (χ4v) is 7.19. The van der Waals surface area contributed by atoms with Crippen LogP contribution in [0.3, 0.4) is 0 Å². The molecule has 0 radical (unpaired) electrons. The molecule has 0 atom stereocenters. The monoisotopic (exact) mass is 527 g/mol. The minimum Gasteiger partial charge on any atom is -0.292 e. The summed E-state index contributed by atoms with van der Waals surface area (Å²) >= 11 is 1.77. The molecule has 4 heteroatoms. The number of rotatable bonds is 2. The van der Waals surface area contributed by atoms with E-state index < -0.39 is 0 Å². The molecule has 0 saturated carbocycles. The van der Waals surface area contributed by atoms with Crippen LogP contribution < -0.4 is 0 Å². The topological polar surface area (TPSA) is 30.7 Å². The van der Waals surface area contributed by atoms with E-state index in [0.717, 1.165) is 38.5 Å². The first-order chi connectivity index (χ1) is 19.8. The molecule has 0 fully saturated rings. The van der Waals surface area contributed by atoms with Crippen LogP contribution in [0.2, 0.25) is 0 Å². The van der Waals surface area contributed by atoms with Crippen LogP contribution in [-0.4, -0.2) is 14.5 Å². The van der Waals surface area contributed by atoms with Crippen molar-refractivity contribution in [1.82, 2.24) is 14.5 Å². The Balaban J connectivity index is 1.45. The average Bonchev–Trinajstić information content (AvgIpc) is 3.55. The number of para-hydroxylation sites is 1. The van der Waals surface area contributed by atoms with Gasteiger partial charge in [-0.25, -0.2) is 9.97 Å². The first-order valence-corrected chi connectivity index (χ1v) is 14.2. The Labute approximate surface area is 233 Å². The SMILES string of the molecule is c1ccc2cc(-c3nc(-n4c5ccccc5c5cc6ccccc6cc54)c4sc5ccccc5c4n3)ccc2c1. The number of fused-ring (bicyclic) bond motifs is 8. The lowest BCUT2D eigenvalue weighted by Crippen LogP contribution is -2.01. The van der Waals surface area contributed by atoms with Crippen molar-refractivity contribution in [1.29, 1.82) is 0 Å². The van der Waals surface area contributed by atoms with E-state index in [2.05, 4.69) is 132 Å². The largest absolute Gasteiger partial charge is 0.292 e. The summed E-state index contributed by atoms with van der Waals surface area (Å²) in [5.74, 6) is 1.67. The second-order valence-electron chi connectivity index (χ2n) is 10.3. The molecule has 9 aromatic rings. The molecule has 40 heavy (non-hydrogen) atoms.